The Morgan fingerprint density at radius 1 is 1.27 bits per heavy atom. The summed E-state index contributed by atoms with van der Waals surface area (Å²) < 4.78 is 36.1. The van der Waals surface area contributed by atoms with Crippen LogP contribution in [-0.2, 0) is 21.2 Å². The Morgan fingerprint density at radius 3 is 2.57 bits per heavy atom. The summed E-state index contributed by atoms with van der Waals surface area (Å²) in [4.78, 5) is 14.1. The monoisotopic (exact) mass is 440 g/mol. The van der Waals surface area contributed by atoms with E-state index >= 15 is 0 Å². The van der Waals surface area contributed by atoms with Crippen molar-refractivity contribution in [1.82, 2.24) is 9.21 Å². The molecular formula is C20H32N4O5S. The lowest BCUT2D eigenvalue weighted by Gasteiger charge is -2.37. The number of carbonyl (C=O) groups is 1. The maximum Gasteiger partial charge on any atom is 0.252 e. The second-order valence-electron chi connectivity index (χ2n) is 8.18. The highest BCUT2D eigenvalue weighted by molar-refractivity contribution is 7.88. The zero-order valence-corrected chi connectivity index (χ0v) is 18.5. The predicted molar refractivity (Wildman–Crippen MR) is 115 cm³/mol. The molecule has 0 aliphatic carbocycles. The van der Waals surface area contributed by atoms with Crippen molar-refractivity contribution in [3.8, 4) is 5.75 Å². The van der Waals surface area contributed by atoms with Crippen LogP contribution in [0.2, 0.25) is 0 Å². The van der Waals surface area contributed by atoms with Crippen molar-refractivity contribution < 1.29 is 22.7 Å². The molecule has 2 fully saturated rings. The summed E-state index contributed by atoms with van der Waals surface area (Å²) >= 11 is 0. The Hall–Kier alpha value is -1.88. The Bertz CT molecular complexity index is 868. The maximum absolute atomic E-state index is 11.7. The second-order valence-corrected chi connectivity index (χ2v) is 10.2. The number of rotatable bonds is 7. The third-order valence-corrected chi connectivity index (χ3v) is 7.26. The Kier molecular flexibility index (Phi) is 7.22. The van der Waals surface area contributed by atoms with Crippen LogP contribution in [0.3, 0.4) is 0 Å². The maximum atomic E-state index is 11.7. The van der Waals surface area contributed by atoms with Gasteiger partial charge in [-0.05, 0) is 30.4 Å². The van der Waals surface area contributed by atoms with Gasteiger partial charge in [0.15, 0.2) is 0 Å². The molecule has 2 heterocycles. The molecule has 0 radical (unpaired) electrons. The van der Waals surface area contributed by atoms with E-state index in [1.165, 1.54) is 13.4 Å². The van der Waals surface area contributed by atoms with Gasteiger partial charge in [0.1, 0.15) is 5.75 Å². The van der Waals surface area contributed by atoms with Crippen molar-refractivity contribution in [3.63, 3.8) is 0 Å². The molecule has 0 saturated carbocycles. The summed E-state index contributed by atoms with van der Waals surface area (Å²) in [5.41, 5.74) is 13.3. The quantitative estimate of drug-likeness (QED) is 0.583. The minimum Gasteiger partial charge on any atom is -0.496 e. The smallest absolute Gasteiger partial charge is 0.252 e. The van der Waals surface area contributed by atoms with E-state index in [1.807, 2.05) is 0 Å². The zero-order valence-electron chi connectivity index (χ0n) is 17.7. The van der Waals surface area contributed by atoms with Crippen LogP contribution >= 0.6 is 0 Å². The van der Waals surface area contributed by atoms with Gasteiger partial charge in [-0.25, -0.2) is 12.7 Å². The third-order valence-electron chi connectivity index (χ3n) is 5.96. The van der Waals surface area contributed by atoms with Gasteiger partial charge in [-0.15, -0.1) is 0 Å². The average molecular weight is 441 g/mol. The number of nitrogens with two attached hydrogens (primary N) is 2. The van der Waals surface area contributed by atoms with Gasteiger partial charge in [0.25, 0.3) is 5.91 Å². The lowest BCUT2D eigenvalue weighted by Crippen LogP contribution is -2.47. The molecule has 4 N–H and O–H groups in total. The molecule has 1 unspecified atom stereocenters. The zero-order chi connectivity index (χ0) is 21.9. The number of hydrogen-bond acceptors (Lipinski definition) is 7. The number of piperidine rings is 1. The molecule has 0 aromatic heterocycles. The highest BCUT2D eigenvalue weighted by Gasteiger charge is 2.28. The fourth-order valence-corrected chi connectivity index (χ4v) is 5.16. The SMILES string of the molecule is COc1cc(N)c(CC2CN(CC3CCN(S(C)(=O)=O)CC3)CCO2)cc1C(N)=O. The fourth-order valence-electron chi connectivity index (χ4n) is 4.28. The van der Waals surface area contributed by atoms with Gasteiger partial charge in [0.2, 0.25) is 10.0 Å². The van der Waals surface area contributed by atoms with Gasteiger partial charge < -0.3 is 20.9 Å². The molecule has 1 atom stereocenters. The normalized spacial score (nSPS) is 22.1. The van der Waals surface area contributed by atoms with E-state index < -0.39 is 15.9 Å². The van der Waals surface area contributed by atoms with Gasteiger partial charge in [-0.3, -0.25) is 9.69 Å². The van der Waals surface area contributed by atoms with E-state index in [0.717, 1.165) is 38.0 Å². The van der Waals surface area contributed by atoms with Crippen LogP contribution in [0.4, 0.5) is 5.69 Å². The molecule has 1 aromatic rings. The van der Waals surface area contributed by atoms with Crippen LogP contribution in [0.15, 0.2) is 12.1 Å². The summed E-state index contributed by atoms with van der Waals surface area (Å²) in [6.07, 6.45) is 3.57. The van der Waals surface area contributed by atoms with Gasteiger partial charge >= 0.3 is 0 Å². The molecule has 168 valence electrons. The number of morpholine rings is 1. The van der Waals surface area contributed by atoms with E-state index in [1.54, 1.807) is 16.4 Å². The number of nitrogen functional groups attached to an aromatic ring is 1. The van der Waals surface area contributed by atoms with Crippen LogP contribution in [0, 0.1) is 5.92 Å². The number of methoxy groups -OCH3 is 1. The number of benzene rings is 1. The van der Waals surface area contributed by atoms with Gasteiger partial charge in [0.05, 0.1) is 31.6 Å². The van der Waals surface area contributed by atoms with E-state index in [4.69, 9.17) is 20.9 Å². The number of nitrogens with zero attached hydrogens (tertiary/aromatic N) is 2. The van der Waals surface area contributed by atoms with E-state index in [0.29, 0.717) is 49.0 Å². The van der Waals surface area contributed by atoms with E-state index in [-0.39, 0.29) is 6.10 Å². The number of primary amides is 1. The van der Waals surface area contributed by atoms with Gasteiger partial charge in [-0.1, -0.05) is 0 Å². The molecule has 0 bridgehead atoms. The lowest BCUT2D eigenvalue weighted by atomic mass is 9.96. The predicted octanol–water partition coefficient (Wildman–Crippen LogP) is 0.291. The minimum absolute atomic E-state index is 0.0359. The topological polar surface area (TPSA) is 128 Å². The van der Waals surface area contributed by atoms with Crippen molar-refractivity contribution in [3.05, 3.63) is 23.3 Å². The molecule has 2 saturated heterocycles. The van der Waals surface area contributed by atoms with Gasteiger partial charge in [-0.2, -0.15) is 0 Å². The summed E-state index contributed by atoms with van der Waals surface area (Å²) in [6.45, 7) is 4.37. The van der Waals surface area contributed by atoms with Crippen molar-refractivity contribution in [2.75, 3.05) is 58.4 Å². The van der Waals surface area contributed by atoms with Crippen LogP contribution < -0.4 is 16.2 Å². The molecule has 3 rings (SSSR count). The van der Waals surface area contributed by atoms with Crippen LogP contribution in [0.1, 0.15) is 28.8 Å². The fraction of sp³-hybridized carbons (Fsp3) is 0.650. The number of amides is 1. The lowest BCUT2D eigenvalue weighted by molar-refractivity contribution is -0.0338. The Labute approximate surface area is 178 Å². The van der Waals surface area contributed by atoms with Crippen molar-refractivity contribution in [2.45, 2.75) is 25.4 Å². The standard InChI is InChI=1S/C20H32N4O5S/c1-28-19-11-18(21)15(10-17(19)20(22)25)9-16-13-23(7-8-29-16)12-14-3-5-24(6-4-14)30(2,26)27/h10-11,14,16H,3-9,12-13,21H2,1-2H3,(H2,22,25). The number of ether oxygens (including phenoxy) is 2. The minimum atomic E-state index is -3.10. The largest absolute Gasteiger partial charge is 0.496 e. The molecule has 0 spiro atoms. The first-order chi connectivity index (χ1) is 14.2. The van der Waals surface area contributed by atoms with Crippen LogP contribution in [0.5, 0.6) is 5.75 Å². The molecule has 2 aliphatic rings. The molecular weight excluding hydrogens is 408 g/mol. The van der Waals surface area contributed by atoms with Crippen LogP contribution in [-0.4, -0.2) is 82.3 Å². The Balaban J connectivity index is 1.58. The van der Waals surface area contributed by atoms with Gasteiger partial charge in [0, 0.05) is 50.9 Å². The first-order valence-electron chi connectivity index (χ1n) is 10.2. The molecule has 1 amide bonds. The molecule has 2 aliphatic heterocycles. The number of hydrogen-bond donors (Lipinski definition) is 2. The number of sulfonamides is 1. The molecule has 10 heteroatoms. The first-order valence-corrected chi connectivity index (χ1v) is 12.1. The number of carbonyl (C=O) groups excluding carboxylic acids is 1. The van der Waals surface area contributed by atoms with E-state index in [2.05, 4.69) is 4.90 Å². The van der Waals surface area contributed by atoms with E-state index in [9.17, 15) is 13.2 Å². The summed E-state index contributed by atoms with van der Waals surface area (Å²) in [7, 11) is -1.62. The molecule has 1 aromatic carbocycles. The average Bonchev–Trinajstić information content (AvgIpc) is 2.69. The highest BCUT2D eigenvalue weighted by atomic mass is 32.2. The third kappa shape index (κ3) is 5.63. The Morgan fingerprint density at radius 2 is 1.97 bits per heavy atom. The second kappa shape index (κ2) is 9.51. The van der Waals surface area contributed by atoms with Crippen molar-refractivity contribution >= 4 is 21.6 Å². The molecule has 30 heavy (non-hydrogen) atoms. The number of anilines is 1. The summed E-state index contributed by atoms with van der Waals surface area (Å²) in [6, 6.07) is 3.32. The van der Waals surface area contributed by atoms with Crippen molar-refractivity contribution in [1.29, 1.82) is 0 Å². The van der Waals surface area contributed by atoms with Crippen molar-refractivity contribution in [2.24, 2.45) is 11.7 Å². The highest BCUT2D eigenvalue weighted by Crippen LogP contribution is 2.27. The van der Waals surface area contributed by atoms with Crippen LogP contribution in [0.25, 0.3) is 0 Å². The summed E-state index contributed by atoms with van der Waals surface area (Å²) in [5, 5.41) is 0. The summed E-state index contributed by atoms with van der Waals surface area (Å²) in [5.74, 6) is 0.296. The first kappa shape index (κ1) is 22.8. The molecule has 9 nitrogen and oxygen atoms in total.